The number of anilines is 1. The number of halogens is 2. The lowest BCUT2D eigenvalue weighted by molar-refractivity contribution is -0.143. The van der Waals surface area contributed by atoms with E-state index in [2.05, 4.69) is 21.2 Å². The lowest BCUT2D eigenvalue weighted by Gasteiger charge is -2.36. The summed E-state index contributed by atoms with van der Waals surface area (Å²) >= 11 is 9.21. The topological polar surface area (TPSA) is 69.6 Å². The number of likely N-dealkylation sites (tertiary alicyclic amines) is 1. The normalized spacial score (nSPS) is 22.0. The van der Waals surface area contributed by atoms with E-state index >= 15 is 0 Å². The molecule has 1 fully saturated rings. The van der Waals surface area contributed by atoms with Crippen molar-refractivity contribution in [3.63, 3.8) is 0 Å². The molecule has 0 radical (unpaired) electrons. The second kappa shape index (κ2) is 6.66. The van der Waals surface area contributed by atoms with Crippen LogP contribution in [0.15, 0.2) is 22.7 Å². The van der Waals surface area contributed by atoms with Crippen molar-refractivity contribution in [2.75, 3.05) is 11.9 Å². The molecule has 2 N–H and O–H groups in total. The van der Waals surface area contributed by atoms with Crippen LogP contribution in [0.4, 0.5) is 10.5 Å². The average molecular weight is 376 g/mol. The SMILES string of the molecule is CC1CC(C(=O)O)CCN1C(=O)Nc1ccc(Cl)c(Br)c1. The van der Waals surface area contributed by atoms with Gasteiger partial charge in [-0.15, -0.1) is 0 Å². The van der Waals surface area contributed by atoms with Crippen LogP contribution in [0.1, 0.15) is 19.8 Å². The molecule has 1 aliphatic heterocycles. The Bertz CT molecular complexity index is 567. The largest absolute Gasteiger partial charge is 0.481 e. The monoisotopic (exact) mass is 374 g/mol. The summed E-state index contributed by atoms with van der Waals surface area (Å²) in [4.78, 5) is 24.9. The molecule has 1 aliphatic rings. The molecule has 0 spiro atoms. The number of hydrogen-bond donors (Lipinski definition) is 2. The molecule has 21 heavy (non-hydrogen) atoms. The van der Waals surface area contributed by atoms with Crippen LogP contribution in [0.3, 0.4) is 0 Å². The summed E-state index contributed by atoms with van der Waals surface area (Å²) in [6, 6.07) is 4.83. The summed E-state index contributed by atoms with van der Waals surface area (Å²) in [5.41, 5.74) is 0.642. The fraction of sp³-hybridized carbons (Fsp3) is 0.429. The Morgan fingerprint density at radius 1 is 1.48 bits per heavy atom. The number of urea groups is 1. The summed E-state index contributed by atoms with van der Waals surface area (Å²) in [6.45, 7) is 2.31. The van der Waals surface area contributed by atoms with Crippen molar-refractivity contribution in [3.8, 4) is 0 Å². The second-order valence-electron chi connectivity index (χ2n) is 5.16. The van der Waals surface area contributed by atoms with Crippen LogP contribution in [0.5, 0.6) is 0 Å². The lowest BCUT2D eigenvalue weighted by atomic mass is 9.92. The maximum atomic E-state index is 12.3. The minimum absolute atomic E-state index is 0.101. The predicted molar refractivity (Wildman–Crippen MR) is 84.7 cm³/mol. The van der Waals surface area contributed by atoms with Gasteiger partial charge in [0.25, 0.3) is 0 Å². The van der Waals surface area contributed by atoms with E-state index in [0.717, 1.165) is 0 Å². The zero-order chi connectivity index (χ0) is 15.6. The van der Waals surface area contributed by atoms with Gasteiger partial charge in [0, 0.05) is 22.7 Å². The third kappa shape index (κ3) is 3.89. The molecule has 1 aromatic carbocycles. The standard InChI is InChI=1S/C14H16BrClN2O3/c1-8-6-9(13(19)20)4-5-18(8)14(21)17-10-2-3-12(16)11(15)7-10/h2-3,7-9H,4-6H2,1H3,(H,17,21)(H,19,20). The fourth-order valence-electron chi connectivity index (χ4n) is 2.47. The summed E-state index contributed by atoms with van der Waals surface area (Å²) < 4.78 is 0.708. The molecule has 7 heteroatoms. The highest BCUT2D eigenvalue weighted by Crippen LogP contribution is 2.27. The van der Waals surface area contributed by atoms with Gasteiger partial charge in [0.05, 0.1) is 10.9 Å². The Kier molecular flexibility index (Phi) is 5.11. The van der Waals surface area contributed by atoms with Gasteiger partial charge in [-0.3, -0.25) is 4.79 Å². The van der Waals surface area contributed by atoms with E-state index in [0.29, 0.717) is 34.6 Å². The molecule has 1 aromatic rings. The molecular weight excluding hydrogens is 360 g/mol. The van der Waals surface area contributed by atoms with Crippen LogP contribution in [0.25, 0.3) is 0 Å². The van der Waals surface area contributed by atoms with Crippen LogP contribution in [0.2, 0.25) is 5.02 Å². The number of aliphatic carboxylic acids is 1. The van der Waals surface area contributed by atoms with E-state index < -0.39 is 5.97 Å². The molecule has 114 valence electrons. The van der Waals surface area contributed by atoms with E-state index in [4.69, 9.17) is 16.7 Å². The first-order valence-corrected chi connectivity index (χ1v) is 7.81. The number of nitrogens with one attached hydrogen (secondary N) is 1. The highest BCUT2D eigenvalue weighted by molar-refractivity contribution is 9.10. The number of carboxylic acids is 1. The minimum atomic E-state index is -0.788. The predicted octanol–water partition coefficient (Wildman–Crippen LogP) is 3.82. The van der Waals surface area contributed by atoms with Gasteiger partial charge in [-0.1, -0.05) is 11.6 Å². The zero-order valence-corrected chi connectivity index (χ0v) is 13.8. The number of amides is 2. The van der Waals surface area contributed by atoms with Gasteiger partial charge in [-0.2, -0.15) is 0 Å². The van der Waals surface area contributed by atoms with Crippen molar-refractivity contribution in [3.05, 3.63) is 27.7 Å². The average Bonchev–Trinajstić information content (AvgIpc) is 2.42. The van der Waals surface area contributed by atoms with Gasteiger partial charge in [0.1, 0.15) is 0 Å². The Hall–Kier alpha value is -1.27. The highest BCUT2D eigenvalue weighted by Gasteiger charge is 2.32. The molecule has 2 atom stereocenters. The molecule has 5 nitrogen and oxygen atoms in total. The molecule has 2 rings (SSSR count). The minimum Gasteiger partial charge on any atom is -0.481 e. The van der Waals surface area contributed by atoms with Gasteiger partial charge in [0.15, 0.2) is 0 Å². The molecule has 2 amide bonds. The fourth-order valence-corrected chi connectivity index (χ4v) is 2.96. The Balaban J connectivity index is 2.00. The second-order valence-corrected chi connectivity index (χ2v) is 6.42. The van der Waals surface area contributed by atoms with Crippen LogP contribution in [-0.2, 0) is 4.79 Å². The summed E-state index contributed by atoms with van der Waals surface area (Å²) in [6.07, 6.45) is 0.963. The molecule has 2 unspecified atom stereocenters. The quantitative estimate of drug-likeness (QED) is 0.825. The van der Waals surface area contributed by atoms with Crippen LogP contribution in [0, 0.1) is 5.92 Å². The third-order valence-corrected chi connectivity index (χ3v) is 4.87. The van der Waals surface area contributed by atoms with Gasteiger partial charge in [-0.25, -0.2) is 4.79 Å². The molecular formula is C14H16BrClN2O3. The molecule has 0 saturated carbocycles. The van der Waals surface area contributed by atoms with Crippen LogP contribution in [-0.4, -0.2) is 34.6 Å². The molecule has 1 saturated heterocycles. The molecule has 0 aliphatic carbocycles. The van der Waals surface area contributed by atoms with E-state index in [1.165, 1.54) is 0 Å². The summed E-state index contributed by atoms with van der Waals surface area (Å²) in [5, 5.41) is 12.4. The Labute approximate surface area is 136 Å². The number of nitrogens with zero attached hydrogens (tertiary/aromatic N) is 1. The van der Waals surface area contributed by atoms with E-state index in [9.17, 15) is 9.59 Å². The first-order chi connectivity index (χ1) is 9.88. The number of carbonyl (C=O) groups is 2. The first-order valence-electron chi connectivity index (χ1n) is 6.64. The number of rotatable bonds is 2. The number of piperidine rings is 1. The molecule has 0 bridgehead atoms. The summed E-state index contributed by atoms with van der Waals surface area (Å²) in [5.74, 6) is -1.16. The van der Waals surface area contributed by atoms with Gasteiger partial charge < -0.3 is 15.3 Å². The van der Waals surface area contributed by atoms with Gasteiger partial charge in [-0.05, 0) is 53.9 Å². The van der Waals surface area contributed by atoms with Gasteiger partial charge >= 0.3 is 12.0 Å². The molecule has 0 aromatic heterocycles. The Morgan fingerprint density at radius 2 is 2.19 bits per heavy atom. The maximum Gasteiger partial charge on any atom is 0.322 e. The van der Waals surface area contributed by atoms with E-state index in [1.54, 1.807) is 23.1 Å². The van der Waals surface area contributed by atoms with E-state index in [-0.39, 0.29) is 18.0 Å². The smallest absolute Gasteiger partial charge is 0.322 e. The van der Waals surface area contributed by atoms with Crippen LogP contribution >= 0.6 is 27.5 Å². The van der Waals surface area contributed by atoms with Crippen molar-refractivity contribution in [1.82, 2.24) is 4.90 Å². The van der Waals surface area contributed by atoms with Crippen molar-refractivity contribution in [1.29, 1.82) is 0 Å². The third-order valence-electron chi connectivity index (χ3n) is 3.66. The van der Waals surface area contributed by atoms with Crippen molar-refractivity contribution < 1.29 is 14.7 Å². The maximum absolute atomic E-state index is 12.3. The number of carbonyl (C=O) groups excluding carboxylic acids is 1. The lowest BCUT2D eigenvalue weighted by Crippen LogP contribution is -2.47. The Morgan fingerprint density at radius 3 is 2.76 bits per heavy atom. The first kappa shape index (κ1) is 16.1. The zero-order valence-electron chi connectivity index (χ0n) is 11.5. The number of benzene rings is 1. The van der Waals surface area contributed by atoms with Crippen molar-refractivity contribution in [2.24, 2.45) is 5.92 Å². The van der Waals surface area contributed by atoms with Gasteiger partial charge in [0.2, 0.25) is 0 Å². The van der Waals surface area contributed by atoms with Crippen LogP contribution < -0.4 is 5.32 Å². The van der Waals surface area contributed by atoms with E-state index in [1.807, 2.05) is 6.92 Å². The number of hydrogen-bond acceptors (Lipinski definition) is 2. The summed E-state index contributed by atoms with van der Waals surface area (Å²) in [7, 11) is 0. The number of carboxylic acid groups (broad SMARTS) is 1. The molecule has 1 heterocycles. The highest BCUT2D eigenvalue weighted by atomic mass is 79.9. The van der Waals surface area contributed by atoms with Crippen molar-refractivity contribution in [2.45, 2.75) is 25.8 Å². The van der Waals surface area contributed by atoms with Crippen molar-refractivity contribution >= 4 is 45.2 Å².